The van der Waals surface area contributed by atoms with Crippen molar-refractivity contribution >= 4 is 23.1 Å². The second kappa shape index (κ2) is 7.23. The highest BCUT2D eigenvalue weighted by Crippen LogP contribution is 2.26. The number of nitrogens with zero attached hydrogens (tertiary/aromatic N) is 5. The van der Waals surface area contributed by atoms with E-state index in [-0.39, 0.29) is 12.0 Å². The Kier molecular flexibility index (Phi) is 5.06. The van der Waals surface area contributed by atoms with Crippen LogP contribution in [0.15, 0.2) is 17.8 Å². The van der Waals surface area contributed by atoms with Gasteiger partial charge in [-0.2, -0.15) is 0 Å². The molecule has 0 radical (unpaired) electrons. The van der Waals surface area contributed by atoms with E-state index in [2.05, 4.69) is 15.0 Å². The van der Waals surface area contributed by atoms with E-state index in [4.69, 9.17) is 4.74 Å². The van der Waals surface area contributed by atoms with Gasteiger partial charge >= 0.3 is 0 Å². The Balaban J connectivity index is 1.71. The first kappa shape index (κ1) is 16.8. The predicted octanol–water partition coefficient (Wildman–Crippen LogP) is 1.45. The summed E-state index contributed by atoms with van der Waals surface area (Å²) in [7, 11) is 3.84. The zero-order valence-corrected chi connectivity index (χ0v) is 14.9. The molecule has 0 saturated carbocycles. The van der Waals surface area contributed by atoms with E-state index in [1.54, 1.807) is 23.7 Å². The number of hydrogen-bond donors (Lipinski definition) is 0. The average Bonchev–Trinajstić information content (AvgIpc) is 2.99. The van der Waals surface area contributed by atoms with Crippen LogP contribution in [0.1, 0.15) is 22.5 Å². The van der Waals surface area contributed by atoms with Crippen LogP contribution in [0.3, 0.4) is 0 Å². The smallest absolute Gasteiger partial charge is 0.228 e. The minimum absolute atomic E-state index is 0.0730. The molecule has 0 bridgehead atoms. The maximum Gasteiger partial charge on any atom is 0.228 e. The zero-order valence-electron chi connectivity index (χ0n) is 14.1. The maximum atomic E-state index is 12.6. The molecule has 0 spiro atoms. The molecule has 7 nitrogen and oxygen atoms in total. The molecule has 1 amide bonds. The molecule has 0 unspecified atom stereocenters. The Hall–Kier alpha value is -2.06. The van der Waals surface area contributed by atoms with Gasteiger partial charge in [-0.25, -0.2) is 9.97 Å². The summed E-state index contributed by atoms with van der Waals surface area (Å²) in [6, 6.07) is 0. The number of hydrogen-bond acceptors (Lipinski definition) is 7. The summed E-state index contributed by atoms with van der Waals surface area (Å²) in [6.45, 7) is 3.52. The molecule has 3 rings (SSSR count). The summed E-state index contributed by atoms with van der Waals surface area (Å²) >= 11 is 1.57. The highest BCUT2D eigenvalue weighted by Gasteiger charge is 2.29. The third-order valence-electron chi connectivity index (χ3n) is 3.85. The molecule has 1 fully saturated rings. The lowest BCUT2D eigenvalue weighted by molar-refractivity contribution is -0.138. The summed E-state index contributed by atoms with van der Waals surface area (Å²) in [5.41, 5.74) is 1.60. The van der Waals surface area contributed by atoms with E-state index in [9.17, 15) is 4.79 Å². The number of aryl methyl sites for hydroxylation is 1. The zero-order chi connectivity index (χ0) is 17.1. The van der Waals surface area contributed by atoms with Gasteiger partial charge in [-0.15, -0.1) is 11.3 Å². The summed E-state index contributed by atoms with van der Waals surface area (Å²) in [5, 5.41) is 2.92. The van der Waals surface area contributed by atoms with Crippen molar-refractivity contribution in [2.75, 3.05) is 38.7 Å². The van der Waals surface area contributed by atoms with Crippen molar-refractivity contribution in [1.29, 1.82) is 0 Å². The Labute approximate surface area is 145 Å². The predicted molar refractivity (Wildman–Crippen MR) is 92.2 cm³/mol. The van der Waals surface area contributed by atoms with Crippen LogP contribution < -0.4 is 4.90 Å². The molecular formula is C16H21N5O2S. The molecule has 0 aromatic carbocycles. The van der Waals surface area contributed by atoms with E-state index >= 15 is 0 Å². The van der Waals surface area contributed by atoms with Crippen LogP contribution in [0.4, 0.5) is 5.82 Å². The molecular weight excluding hydrogens is 326 g/mol. The SMILES string of the molecule is Cc1nc(CC(=O)N2CCO[C@H](c3nccnc3N(C)C)C2)cs1. The van der Waals surface area contributed by atoms with E-state index < -0.39 is 0 Å². The first-order valence-corrected chi connectivity index (χ1v) is 8.71. The fourth-order valence-electron chi connectivity index (χ4n) is 2.71. The Morgan fingerprint density at radius 2 is 2.21 bits per heavy atom. The number of carbonyl (C=O) groups excluding carboxylic acids is 1. The van der Waals surface area contributed by atoms with Crippen molar-refractivity contribution in [2.45, 2.75) is 19.4 Å². The van der Waals surface area contributed by atoms with Crippen LogP contribution in [-0.2, 0) is 16.0 Å². The van der Waals surface area contributed by atoms with Gasteiger partial charge in [-0.1, -0.05) is 0 Å². The lowest BCUT2D eigenvalue weighted by Crippen LogP contribution is -2.43. The van der Waals surface area contributed by atoms with Gasteiger partial charge in [0.15, 0.2) is 5.82 Å². The number of carbonyl (C=O) groups is 1. The maximum absolute atomic E-state index is 12.6. The number of aromatic nitrogens is 3. The normalized spacial score (nSPS) is 17.8. The Morgan fingerprint density at radius 1 is 1.42 bits per heavy atom. The minimum atomic E-state index is -0.258. The van der Waals surface area contributed by atoms with Gasteiger partial charge in [0.05, 0.1) is 30.3 Å². The van der Waals surface area contributed by atoms with Crippen LogP contribution in [0, 0.1) is 6.92 Å². The van der Waals surface area contributed by atoms with Gasteiger partial charge < -0.3 is 14.5 Å². The van der Waals surface area contributed by atoms with Gasteiger partial charge in [-0.3, -0.25) is 9.78 Å². The lowest BCUT2D eigenvalue weighted by atomic mass is 10.1. The summed E-state index contributed by atoms with van der Waals surface area (Å²) in [5.74, 6) is 0.843. The van der Waals surface area contributed by atoms with E-state index in [0.29, 0.717) is 26.1 Å². The van der Waals surface area contributed by atoms with Gasteiger partial charge in [0, 0.05) is 38.4 Å². The van der Waals surface area contributed by atoms with Crippen LogP contribution >= 0.6 is 11.3 Å². The van der Waals surface area contributed by atoms with Gasteiger partial charge in [0.25, 0.3) is 0 Å². The largest absolute Gasteiger partial charge is 0.368 e. The van der Waals surface area contributed by atoms with Gasteiger partial charge in [0.2, 0.25) is 5.91 Å². The number of ether oxygens (including phenoxy) is 1. The van der Waals surface area contributed by atoms with Crippen LogP contribution in [0.25, 0.3) is 0 Å². The highest BCUT2D eigenvalue weighted by molar-refractivity contribution is 7.09. The number of rotatable bonds is 4. The third-order valence-corrected chi connectivity index (χ3v) is 4.68. The van der Waals surface area contributed by atoms with Gasteiger partial charge in [-0.05, 0) is 6.92 Å². The quantitative estimate of drug-likeness (QED) is 0.834. The van der Waals surface area contributed by atoms with Crippen LogP contribution in [-0.4, -0.2) is 59.6 Å². The van der Waals surface area contributed by atoms with Crippen molar-refractivity contribution in [1.82, 2.24) is 19.9 Å². The molecule has 0 aliphatic carbocycles. The fourth-order valence-corrected chi connectivity index (χ4v) is 3.32. The second-order valence-corrected chi connectivity index (χ2v) is 6.96. The molecule has 0 N–H and O–H groups in total. The second-order valence-electron chi connectivity index (χ2n) is 5.89. The minimum Gasteiger partial charge on any atom is -0.368 e. The third kappa shape index (κ3) is 3.70. The van der Waals surface area contributed by atoms with Crippen molar-refractivity contribution in [3.05, 3.63) is 34.2 Å². The average molecular weight is 347 g/mol. The number of morpholine rings is 1. The molecule has 1 atom stereocenters. The van der Waals surface area contributed by atoms with Crippen molar-refractivity contribution < 1.29 is 9.53 Å². The molecule has 128 valence electrons. The summed E-state index contributed by atoms with van der Waals surface area (Å²) in [4.78, 5) is 29.5. The first-order chi connectivity index (χ1) is 11.5. The molecule has 24 heavy (non-hydrogen) atoms. The summed E-state index contributed by atoms with van der Waals surface area (Å²) in [6.07, 6.45) is 3.39. The Bertz CT molecular complexity index is 718. The lowest BCUT2D eigenvalue weighted by Gasteiger charge is -2.33. The van der Waals surface area contributed by atoms with Crippen LogP contribution in [0.5, 0.6) is 0 Å². The number of anilines is 1. The fraction of sp³-hybridized carbons (Fsp3) is 0.500. The van der Waals surface area contributed by atoms with Crippen molar-refractivity contribution in [3.63, 3.8) is 0 Å². The molecule has 2 aromatic rings. The van der Waals surface area contributed by atoms with Crippen molar-refractivity contribution in [2.24, 2.45) is 0 Å². The van der Waals surface area contributed by atoms with E-state index in [1.807, 2.05) is 36.2 Å². The topological polar surface area (TPSA) is 71.5 Å². The summed E-state index contributed by atoms with van der Waals surface area (Å²) < 4.78 is 5.85. The molecule has 1 aliphatic heterocycles. The molecule has 2 aromatic heterocycles. The van der Waals surface area contributed by atoms with E-state index in [1.165, 1.54) is 0 Å². The number of thiazole rings is 1. The van der Waals surface area contributed by atoms with E-state index in [0.717, 1.165) is 22.2 Å². The molecule has 1 saturated heterocycles. The molecule has 8 heteroatoms. The van der Waals surface area contributed by atoms with Crippen LogP contribution in [0.2, 0.25) is 0 Å². The number of amides is 1. The monoisotopic (exact) mass is 347 g/mol. The molecule has 1 aliphatic rings. The standard InChI is InChI=1S/C16H21N5O2S/c1-11-19-12(10-24-11)8-14(22)21-6-7-23-13(9-21)15-16(20(2)3)18-5-4-17-15/h4-5,10,13H,6-9H2,1-3H3/t13-/m0/s1. The first-order valence-electron chi connectivity index (χ1n) is 7.83. The highest BCUT2D eigenvalue weighted by atomic mass is 32.1. The van der Waals surface area contributed by atoms with Crippen molar-refractivity contribution in [3.8, 4) is 0 Å². The Morgan fingerprint density at radius 3 is 2.92 bits per heavy atom. The van der Waals surface area contributed by atoms with Gasteiger partial charge in [0.1, 0.15) is 11.8 Å². The molecule has 3 heterocycles.